The summed E-state index contributed by atoms with van der Waals surface area (Å²) in [6.45, 7) is -1.75. The van der Waals surface area contributed by atoms with Crippen molar-refractivity contribution in [3.05, 3.63) is 117 Å². The van der Waals surface area contributed by atoms with Gasteiger partial charge >= 0.3 is 210 Å². The molecule has 4 aromatic carbocycles. The zero-order valence-corrected chi connectivity index (χ0v) is 21.2. The minimum absolute atomic E-state index is 0.380. The topological polar surface area (TPSA) is 9.23 Å². The fraction of sp³-hybridized carbons (Fsp3) is 0.0769. The Morgan fingerprint density at radius 1 is 0.500 bits per heavy atom. The predicted octanol–water partition coefficient (Wildman–Crippen LogP) is 7.41. The monoisotopic (exact) mass is 520 g/mol. The van der Waals surface area contributed by atoms with Gasteiger partial charge in [0, 0.05) is 0 Å². The Bertz CT molecular complexity index is 1080. The molecule has 32 heavy (non-hydrogen) atoms. The van der Waals surface area contributed by atoms with Gasteiger partial charge in [-0.2, -0.15) is 0 Å². The van der Waals surface area contributed by atoms with E-state index in [0.29, 0.717) is 26.7 Å². The first kappa shape index (κ1) is 23.6. The van der Waals surface area contributed by atoms with Gasteiger partial charge in [-0.15, -0.1) is 0 Å². The summed E-state index contributed by atoms with van der Waals surface area (Å²) in [7, 11) is 0. The molecule has 0 radical (unpaired) electrons. The maximum atomic E-state index is 7.08. The van der Waals surface area contributed by atoms with Crippen molar-refractivity contribution in [2.45, 2.75) is 6.92 Å². The zero-order valence-electron chi connectivity index (χ0n) is 17.3. The summed E-state index contributed by atoms with van der Waals surface area (Å²) in [6.07, 6.45) is 0. The van der Waals surface area contributed by atoms with E-state index in [1.165, 1.54) is 0 Å². The normalized spacial score (nSPS) is 12.8. The molecule has 0 saturated carbocycles. The molecule has 4 rings (SSSR count). The average molecular weight is 522 g/mol. The molecule has 164 valence electrons. The van der Waals surface area contributed by atoms with E-state index in [-0.39, 0.29) is 0 Å². The molecule has 0 amide bonds. The van der Waals surface area contributed by atoms with Crippen LogP contribution in [0, 0.1) is 0 Å². The molecule has 0 aliphatic heterocycles. The van der Waals surface area contributed by atoms with Crippen LogP contribution in [0.15, 0.2) is 97.1 Å². The van der Waals surface area contributed by atoms with Crippen LogP contribution in [0.5, 0.6) is 0 Å². The number of halogens is 4. The standard InChI is InChI=1S/C26H21Cl4OP/c1-2-31-32(23-15-7-3-11-19(23)27,24-16-8-4-12-20(24)28,25-17-9-5-13-21(25)29)26-18-10-6-14-22(26)30/h3-18H,2H2,1H3. The summed E-state index contributed by atoms with van der Waals surface area (Å²) in [5.74, 6) is 0. The first-order valence-electron chi connectivity index (χ1n) is 10.1. The molecule has 4 aromatic rings. The van der Waals surface area contributed by atoms with Crippen LogP contribution in [0.25, 0.3) is 0 Å². The predicted molar refractivity (Wildman–Crippen MR) is 143 cm³/mol. The number of hydrogen-bond acceptors (Lipinski definition) is 1. The Hall–Kier alpha value is -1.57. The molecule has 1 nitrogen and oxygen atoms in total. The molecule has 0 unspecified atom stereocenters. The van der Waals surface area contributed by atoms with Crippen molar-refractivity contribution >= 4 is 74.5 Å². The maximum absolute atomic E-state index is 7.08. The van der Waals surface area contributed by atoms with Gasteiger partial charge in [0.15, 0.2) is 0 Å². The SMILES string of the molecule is CCOP(c1ccccc1Cl)(c1ccccc1Cl)(c1ccccc1Cl)c1ccccc1Cl. The van der Waals surface area contributed by atoms with Crippen LogP contribution in [0.2, 0.25) is 20.1 Å². The van der Waals surface area contributed by atoms with E-state index in [2.05, 4.69) is 0 Å². The van der Waals surface area contributed by atoms with Crippen LogP contribution < -0.4 is 21.2 Å². The molecule has 0 spiro atoms. The van der Waals surface area contributed by atoms with Gasteiger partial charge in [-0.25, -0.2) is 0 Å². The third kappa shape index (κ3) is 3.39. The molecule has 0 aliphatic rings. The Kier molecular flexibility index (Phi) is 6.89. The van der Waals surface area contributed by atoms with Gasteiger partial charge in [-0.3, -0.25) is 0 Å². The van der Waals surface area contributed by atoms with E-state index in [9.17, 15) is 0 Å². The molecule has 0 heterocycles. The molecule has 6 heteroatoms. The van der Waals surface area contributed by atoms with Crippen molar-refractivity contribution in [1.82, 2.24) is 0 Å². The number of hydrogen-bond donors (Lipinski definition) is 0. The second kappa shape index (κ2) is 9.35. The van der Waals surface area contributed by atoms with Gasteiger partial charge < -0.3 is 0 Å². The van der Waals surface area contributed by atoms with Crippen molar-refractivity contribution in [2.75, 3.05) is 6.61 Å². The van der Waals surface area contributed by atoms with Crippen LogP contribution in [-0.4, -0.2) is 6.61 Å². The quantitative estimate of drug-likeness (QED) is 0.240. The van der Waals surface area contributed by atoms with E-state index in [1.807, 2.05) is 104 Å². The molecule has 0 bridgehead atoms. The van der Waals surface area contributed by atoms with Crippen molar-refractivity contribution in [2.24, 2.45) is 0 Å². The fourth-order valence-electron chi connectivity index (χ4n) is 4.51. The van der Waals surface area contributed by atoms with Crippen molar-refractivity contribution in [1.29, 1.82) is 0 Å². The fourth-order valence-corrected chi connectivity index (χ4v) is 13.0. The summed E-state index contributed by atoms with van der Waals surface area (Å²) in [6, 6.07) is 30.8. The van der Waals surface area contributed by atoms with Gasteiger partial charge in [-0.05, 0) is 0 Å². The molecule has 0 saturated heterocycles. The van der Waals surface area contributed by atoms with E-state index in [4.69, 9.17) is 50.9 Å². The average Bonchev–Trinajstić information content (AvgIpc) is 2.80. The molecule has 0 N–H and O–H groups in total. The third-order valence-electron chi connectivity index (χ3n) is 5.64. The van der Waals surface area contributed by atoms with Crippen LogP contribution in [0.1, 0.15) is 6.92 Å². The molecular weight excluding hydrogens is 501 g/mol. The molecule has 0 aliphatic carbocycles. The van der Waals surface area contributed by atoms with Gasteiger partial charge in [0.1, 0.15) is 0 Å². The van der Waals surface area contributed by atoms with Crippen molar-refractivity contribution in [3.8, 4) is 0 Å². The summed E-state index contributed by atoms with van der Waals surface area (Å²) in [5.41, 5.74) is 0. The summed E-state index contributed by atoms with van der Waals surface area (Å²) >= 11 is 27.9. The Morgan fingerprint density at radius 2 is 0.750 bits per heavy atom. The summed E-state index contributed by atoms with van der Waals surface area (Å²) in [5, 5.41) is 5.42. The first-order chi connectivity index (χ1) is 15.5. The van der Waals surface area contributed by atoms with Crippen LogP contribution >= 0.6 is 53.2 Å². The Balaban J connectivity index is 2.43. The number of rotatable bonds is 6. The van der Waals surface area contributed by atoms with Crippen LogP contribution in [-0.2, 0) is 4.52 Å². The van der Waals surface area contributed by atoms with E-state index in [1.54, 1.807) is 0 Å². The van der Waals surface area contributed by atoms with Gasteiger partial charge in [0.25, 0.3) is 0 Å². The number of benzene rings is 4. The Morgan fingerprint density at radius 3 is 0.969 bits per heavy atom. The van der Waals surface area contributed by atoms with Gasteiger partial charge in [0.2, 0.25) is 0 Å². The summed E-state index contributed by atoms with van der Waals surface area (Å²) < 4.78 is 7.08. The third-order valence-corrected chi connectivity index (χ3v) is 13.5. The van der Waals surface area contributed by atoms with Crippen molar-refractivity contribution < 1.29 is 4.52 Å². The molecule has 0 atom stereocenters. The van der Waals surface area contributed by atoms with Gasteiger partial charge in [-0.1, -0.05) is 0 Å². The van der Waals surface area contributed by atoms with E-state index >= 15 is 0 Å². The first-order valence-corrected chi connectivity index (χ1v) is 13.8. The molecule has 0 fully saturated rings. The van der Waals surface area contributed by atoms with Crippen LogP contribution in [0.3, 0.4) is 0 Å². The van der Waals surface area contributed by atoms with Crippen molar-refractivity contribution in [3.63, 3.8) is 0 Å². The molecule has 0 aromatic heterocycles. The van der Waals surface area contributed by atoms with E-state index < -0.39 is 6.83 Å². The minimum atomic E-state index is -4.09. The Labute approximate surface area is 208 Å². The van der Waals surface area contributed by atoms with Gasteiger partial charge in [0.05, 0.1) is 0 Å². The summed E-state index contributed by atoms with van der Waals surface area (Å²) in [4.78, 5) is 0. The second-order valence-corrected chi connectivity index (χ2v) is 13.1. The zero-order chi connectivity index (χ0) is 22.8. The van der Waals surface area contributed by atoms with Crippen LogP contribution in [0.4, 0.5) is 0 Å². The second-order valence-electron chi connectivity index (χ2n) is 7.26. The van der Waals surface area contributed by atoms with E-state index in [0.717, 1.165) is 21.2 Å². The molecular formula is C26H21Cl4OP.